The lowest BCUT2D eigenvalue weighted by molar-refractivity contribution is -0.135. The highest BCUT2D eigenvalue weighted by molar-refractivity contribution is 6.83. The Morgan fingerprint density at radius 2 is 1.94 bits per heavy atom. The third-order valence-electron chi connectivity index (χ3n) is 5.74. The van der Waals surface area contributed by atoms with Crippen LogP contribution in [0.4, 0.5) is 24.7 Å². The highest BCUT2D eigenvalue weighted by Gasteiger charge is 2.45. The molecule has 2 aromatic carbocycles. The van der Waals surface area contributed by atoms with Crippen molar-refractivity contribution < 1.29 is 22.6 Å². The van der Waals surface area contributed by atoms with E-state index >= 15 is 4.39 Å². The molecule has 0 amide bonds. The molecule has 4 rings (SSSR count). The molecule has 1 saturated heterocycles. The monoisotopic (exact) mass is 514 g/mol. The number of halogens is 3. The first-order valence-electron chi connectivity index (χ1n) is 11.6. The van der Waals surface area contributed by atoms with Gasteiger partial charge in [-0.2, -0.15) is 0 Å². The molecule has 1 N–H and O–H groups in total. The molecule has 0 saturated carbocycles. The summed E-state index contributed by atoms with van der Waals surface area (Å²) in [5.74, 6) is 0.152. The van der Waals surface area contributed by atoms with Crippen LogP contribution in [-0.4, -0.2) is 62.2 Å². The molecule has 1 atom stereocenters. The van der Waals surface area contributed by atoms with Crippen molar-refractivity contribution in [2.24, 2.45) is 0 Å². The standard InChI is InChI=1S/C26H29F3N4O2Si/c1-33-11-9-23(26(28,29)15-33)35-22-13-18-20(14-21(22)34-2)30-16-31-25(18)32-19-8-6-7-17(24(19)27)10-12-36(3,4)5/h6-8,13-14,16,23H,9,11,15H2,1-5H3,(H,30,31,32). The van der Waals surface area contributed by atoms with Gasteiger partial charge in [0.05, 0.1) is 30.4 Å². The number of benzene rings is 2. The second-order valence-corrected chi connectivity index (χ2v) is 14.7. The van der Waals surface area contributed by atoms with E-state index in [1.807, 2.05) is 0 Å². The second kappa shape index (κ2) is 9.99. The third kappa shape index (κ3) is 5.74. The minimum atomic E-state index is -3.03. The quantitative estimate of drug-likeness (QED) is 0.360. The van der Waals surface area contributed by atoms with E-state index in [0.717, 1.165) is 0 Å². The van der Waals surface area contributed by atoms with Crippen LogP contribution in [0.1, 0.15) is 12.0 Å². The van der Waals surface area contributed by atoms with Crippen molar-refractivity contribution in [2.75, 3.05) is 32.6 Å². The van der Waals surface area contributed by atoms with Gasteiger partial charge in [0, 0.05) is 24.4 Å². The van der Waals surface area contributed by atoms with Crippen molar-refractivity contribution in [1.29, 1.82) is 0 Å². The SMILES string of the molecule is COc1cc2ncnc(Nc3cccc(C#C[Si](C)(C)C)c3F)c2cc1OC1CCN(C)CC1(F)F. The first-order chi connectivity index (χ1) is 17.0. The van der Waals surface area contributed by atoms with E-state index in [0.29, 0.717) is 23.3 Å². The number of aromatic nitrogens is 2. The van der Waals surface area contributed by atoms with Gasteiger partial charge in [0.15, 0.2) is 23.4 Å². The van der Waals surface area contributed by atoms with Gasteiger partial charge >= 0.3 is 0 Å². The molecule has 190 valence electrons. The zero-order valence-corrected chi connectivity index (χ0v) is 22.0. The van der Waals surface area contributed by atoms with E-state index in [9.17, 15) is 8.78 Å². The summed E-state index contributed by atoms with van der Waals surface area (Å²) in [6.45, 7) is 6.36. The molecule has 0 spiro atoms. The lowest BCUT2D eigenvalue weighted by atomic mass is 10.0. The van der Waals surface area contributed by atoms with Crippen LogP contribution < -0.4 is 14.8 Å². The zero-order valence-electron chi connectivity index (χ0n) is 21.0. The van der Waals surface area contributed by atoms with Gasteiger partial charge in [-0.05, 0) is 25.2 Å². The van der Waals surface area contributed by atoms with E-state index in [1.165, 1.54) is 13.4 Å². The van der Waals surface area contributed by atoms with Crippen molar-refractivity contribution >= 4 is 30.5 Å². The fourth-order valence-corrected chi connectivity index (χ4v) is 4.42. The van der Waals surface area contributed by atoms with E-state index in [-0.39, 0.29) is 35.7 Å². The smallest absolute Gasteiger partial charge is 0.296 e. The predicted octanol–water partition coefficient (Wildman–Crippen LogP) is 5.47. The Balaban J connectivity index is 1.71. The van der Waals surface area contributed by atoms with Crippen molar-refractivity contribution in [1.82, 2.24) is 14.9 Å². The zero-order chi connectivity index (χ0) is 26.1. The summed E-state index contributed by atoms with van der Waals surface area (Å²) in [5.41, 5.74) is 4.14. The number of fused-ring (bicyclic) bond motifs is 1. The van der Waals surface area contributed by atoms with Gasteiger partial charge in [-0.15, -0.1) is 5.54 Å². The van der Waals surface area contributed by atoms with Crippen molar-refractivity contribution in [3.05, 3.63) is 48.0 Å². The Morgan fingerprint density at radius 3 is 2.64 bits per heavy atom. The normalized spacial score (nSPS) is 17.8. The number of ether oxygens (including phenoxy) is 2. The molecule has 1 aliphatic rings. The van der Waals surface area contributed by atoms with Gasteiger partial charge < -0.3 is 19.7 Å². The van der Waals surface area contributed by atoms with E-state index in [1.54, 1.807) is 42.3 Å². The fourth-order valence-electron chi connectivity index (χ4n) is 3.91. The van der Waals surface area contributed by atoms with Gasteiger partial charge in [0.2, 0.25) is 0 Å². The number of alkyl halides is 2. The molecule has 3 aromatic rings. The maximum atomic E-state index is 15.2. The summed E-state index contributed by atoms with van der Waals surface area (Å²) in [4.78, 5) is 10.1. The Kier molecular flexibility index (Phi) is 7.16. The molecule has 1 aromatic heterocycles. The van der Waals surface area contributed by atoms with Gasteiger partial charge in [0.1, 0.15) is 20.2 Å². The maximum absolute atomic E-state index is 15.2. The maximum Gasteiger partial charge on any atom is 0.296 e. The summed E-state index contributed by atoms with van der Waals surface area (Å²) in [6, 6.07) is 8.07. The molecular formula is C26H29F3N4O2Si. The van der Waals surface area contributed by atoms with Crippen molar-refractivity contribution in [3.63, 3.8) is 0 Å². The average molecular weight is 515 g/mol. The third-order valence-corrected chi connectivity index (χ3v) is 6.61. The lowest BCUT2D eigenvalue weighted by Crippen LogP contribution is -2.52. The Bertz CT molecular complexity index is 1330. The van der Waals surface area contributed by atoms with Gasteiger partial charge in [0.25, 0.3) is 5.92 Å². The van der Waals surface area contributed by atoms with Crippen LogP contribution in [0.2, 0.25) is 19.6 Å². The molecule has 1 unspecified atom stereocenters. The molecule has 0 bridgehead atoms. The number of anilines is 2. The summed E-state index contributed by atoms with van der Waals surface area (Å²) >= 11 is 0. The fraction of sp³-hybridized carbons (Fsp3) is 0.385. The number of nitrogens with zero attached hydrogens (tertiary/aromatic N) is 3. The Hall–Kier alpha value is -3.29. The average Bonchev–Trinajstić information content (AvgIpc) is 2.80. The van der Waals surface area contributed by atoms with E-state index in [4.69, 9.17) is 9.47 Å². The van der Waals surface area contributed by atoms with Crippen LogP contribution in [0.15, 0.2) is 36.7 Å². The minimum absolute atomic E-state index is 0.146. The van der Waals surface area contributed by atoms with Crippen LogP contribution in [-0.2, 0) is 0 Å². The predicted molar refractivity (Wildman–Crippen MR) is 137 cm³/mol. The van der Waals surface area contributed by atoms with Gasteiger partial charge in [-0.3, -0.25) is 0 Å². The summed E-state index contributed by atoms with van der Waals surface area (Å²) in [7, 11) is 1.40. The molecular weight excluding hydrogens is 485 g/mol. The highest BCUT2D eigenvalue weighted by Crippen LogP contribution is 2.38. The highest BCUT2D eigenvalue weighted by atomic mass is 28.3. The molecule has 1 fully saturated rings. The summed E-state index contributed by atoms with van der Waals surface area (Å²) in [5, 5.41) is 3.48. The van der Waals surface area contributed by atoms with E-state index in [2.05, 4.69) is 46.4 Å². The van der Waals surface area contributed by atoms with Crippen LogP contribution in [0.3, 0.4) is 0 Å². The van der Waals surface area contributed by atoms with E-state index < -0.39 is 25.9 Å². The number of methoxy groups -OCH3 is 1. The molecule has 6 nitrogen and oxygen atoms in total. The van der Waals surface area contributed by atoms with Crippen LogP contribution >= 0.6 is 0 Å². The molecule has 1 aliphatic heterocycles. The Morgan fingerprint density at radius 1 is 1.17 bits per heavy atom. The summed E-state index contributed by atoms with van der Waals surface area (Å²) < 4.78 is 55.7. The first-order valence-corrected chi connectivity index (χ1v) is 15.1. The van der Waals surface area contributed by atoms with Crippen molar-refractivity contribution in [2.45, 2.75) is 38.1 Å². The molecule has 36 heavy (non-hydrogen) atoms. The minimum Gasteiger partial charge on any atom is -0.493 e. The molecule has 0 aliphatic carbocycles. The number of piperidine rings is 1. The first kappa shape index (κ1) is 25.8. The Labute approximate surface area is 209 Å². The van der Waals surface area contributed by atoms with Gasteiger partial charge in [-0.1, -0.05) is 31.6 Å². The number of rotatable bonds is 5. The molecule has 2 heterocycles. The van der Waals surface area contributed by atoms with Crippen LogP contribution in [0.25, 0.3) is 10.9 Å². The number of hydrogen-bond donors (Lipinski definition) is 1. The summed E-state index contributed by atoms with van der Waals surface area (Å²) in [6.07, 6.45) is 0.195. The lowest BCUT2D eigenvalue weighted by Gasteiger charge is -2.36. The van der Waals surface area contributed by atoms with Crippen LogP contribution in [0.5, 0.6) is 11.5 Å². The number of likely N-dealkylation sites (tertiary alicyclic amines) is 1. The second-order valence-electron chi connectivity index (χ2n) is 9.93. The van der Waals surface area contributed by atoms with Crippen molar-refractivity contribution in [3.8, 4) is 23.0 Å². The number of nitrogens with one attached hydrogen (secondary N) is 1. The largest absolute Gasteiger partial charge is 0.493 e. The van der Waals surface area contributed by atoms with Crippen LogP contribution in [0, 0.1) is 17.3 Å². The number of hydrogen-bond acceptors (Lipinski definition) is 6. The van der Waals surface area contributed by atoms with Gasteiger partial charge in [-0.25, -0.2) is 23.1 Å². The molecule has 0 radical (unpaired) electrons. The topological polar surface area (TPSA) is 59.5 Å². The molecule has 10 heteroatoms.